The van der Waals surface area contributed by atoms with Crippen LogP contribution in [-0.4, -0.2) is 29.6 Å². The van der Waals surface area contributed by atoms with Crippen LogP contribution in [0.15, 0.2) is 22.7 Å². The van der Waals surface area contributed by atoms with Crippen LogP contribution in [0.4, 0.5) is 4.39 Å². The highest BCUT2D eigenvalue weighted by atomic mass is 79.9. The lowest BCUT2D eigenvalue weighted by Crippen LogP contribution is -2.64. The molecule has 116 valence electrons. The fourth-order valence-electron chi connectivity index (χ4n) is 3.86. The van der Waals surface area contributed by atoms with Crippen molar-refractivity contribution >= 4 is 15.9 Å². The van der Waals surface area contributed by atoms with Gasteiger partial charge in [0.05, 0.1) is 0 Å². The highest BCUT2D eigenvalue weighted by molar-refractivity contribution is 9.10. The van der Waals surface area contributed by atoms with Crippen LogP contribution in [0.3, 0.4) is 0 Å². The molecule has 4 heteroatoms. The number of hydrogen-bond donors (Lipinski definition) is 1. The summed E-state index contributed by atoms with van der Waals surface area (Å²) in [6, 6.07) is 5.92. The lowest BCUT2D eigenvalue weighted by Gasteiger charge is -2.51. The monoisotopic (exact) mass is 354 g/mol. The summed E-state index contributed by atoms with van der Waals surface area (Å²) in [5.74, 6) is -0.0958. The highest BCUT2D eigenvalue weighted by Gasteiger charge is 2.41. The zero-order valence-corrected chi connectivity index (χ0v) is 14.3. The van der Waals surface area contributed by atoms with Gasteiger partial charge in [-0.1, -0.05) is 41.3 Å². The zero-order chi connectivity index (χ0) is 14.9. The molecule has 2 fully saturated rings. The molecular formula is C17H24BrFN2. The first-order valence-electron chi connectivity index (χ1n) is 8.01. The smallest absolute Gasteiger partial charge is 0.128 e. The third-order valence-corrected chi connectivity index (χ3v) is 5.60. The average Bonchev–Trinajstić information content (AvgIpc) is 2.47. The summed E-state index contributed by atoms with van der Waals surface area (Å²) >= 11 is 3.34. The van der Waals surface area contributed by atoms with E-state index in [1.807, 2.05) is 12.1 Å². The van der Waals surface area contributed by atoms with E-state index in [-0.39, 0.29) is 11.4 Å². The predicted molar refractivity (Wildman–Crippen MR) is 87.8 cm³/mol. The van der Waals surface area contributed by atoms with E-state index in [9.17, 15) is 4.39 Å². The largest absolute Gasteiger partial charge is 0.311 e. The van der Waals surface area contributed by atoms with Crippen molar-refractivity contribution in [3.63, 3.8) is 0 Å². The standard InChI is InChI=1S/C17H24BrFN2/c1-13-10-21(11-14-5-6-15(18)9-16(14)19)17(12-20-13)7-3-2-4-8-17/h5-6,9,13,20H,2-4,7-8,10-12H2,1H3. The van der Waals surface area contributed by atoms with Crippen LogP contribution in [0.1, 0.15) is 44.6 Å². The van der Waals surface area contributed by atoms with Crippen molar-refractivity contribution in [3.05, 3.63) is 34.1 Å². The molecule has 1 aromatic rings. The topological polar surface area (TPSA) is 15.3 Å². The van der Waals surface area contributed by atoms with Crippen molar-refractivity contribution in [2.45, 2.75) is 57.2 Å². The third-order valence-electron chi connectivity index (χ3n) is 5.11. The maximum Gasteiger partial charge on any atom is 0.128 e. The van der Waals surface area contributed by atoms with E-state index >= 15 is 0 Å². The number of nitrogens with one attached hydrogen (secondary N) is 1. The van der Waals surface area contributed by atoms with Crippen molar-refractivity contribution in [1.82, 2.24) is 10.2 Å². The Balaban J connectivity index is 1.82. The summed E-state index contributed by atoms with van der Waals surface area (Å²) in [6.45, 7) is 5.01. The average molecular weight is 355 g/mol. The second-order valence-electron chi connectivity index (χ2n) is 6.68. The summed E-state index contributed by atoms with van der Waals surface area (Å²) in [7, 11) is 0. The molecule has 1 unspecified atom stereocenters. The lowest BCUT2D eigenvalue weighted by atomic mass is 9.78. The first-order chi connectivity index (χ1) is 10.1. The van der Waals surface area contributed by atoms with Crippen LogP contribution in [0.5, 0.6) is 0 Å². The molecule has 1 aliphatic carbocycles. The maximum absolute atomic E-state index is 14.2. The summed E-state index contributed by atoms with van der Waals surface area (Å²) in [5, 5.41) is 3.64. The number of nitrogens with zero attached hydrogens (tertiary/aromatic N) is 1. The molecule has 1 aromatic carbocycles. The Morgan fingerprint density at radius 2 is 2.10 bits per heavy atom. The van der Waals surface area contributed by atoms with Crippen molar-refractivity contribution in [3.8, 4) is 0 Å². The molecule has 1 saturated heterocycles. The molecule has 1 N–H and O–H groups in total. The predicted octanol–water partition coefficient (Wildman–Crippen LogP) is 4.08. The van der Waals surface area contributed by atoms with Gasteiger partial charge >= 0.3 is 0 Å². The highest BCUT2D eigenvalue weighted by Crippen LogP contribution is 2.36. The van der Waals surface area contributed by atoms with Gasteiger partial charge in [-0.05, 0) is 31.9 Å². The van der Waals surface area contributed by atoms with Gasteiger partial charge in [0.1, 0.15) is 5.82 Å². The van der Waals surface area contributed by atoms with E-state index in [2.05, 4.69) is 33.1 Å². The van der Waals surface area contributed by atoms with Crippen molar-refractivity contribution in [1.29, 1.82) is 0 Å². The molecule has 21 heavy (non-hydrogen) atoms. The Morgan fingerprint density at radius 3 is 2.81 bits per heavy atom. The van der Waals surface area contributed by atoms with Gasteiger partial charge in [0.2, 0.25) is 0 Å². The molecule has 0 amide bonds. The van der Waals surface area contributed by atoms with Crippen molar-refractivity contribution in [2.75, 3.05) is 13.1 Å². The van der Waals surface area contributed by atoms with E-state index in [1.54, 1.807) is 6.07 Å². The number of benzene rings is 1. The van der Waals surface area contributed by atoms with E-state index in [0.717, 1.165) is 29.7 Å². The van der Waals surface area contributed by atoms with Crippen LogP contribution in [-0.2, 0) is 6.54 Å². The van der Waals surface area contributed by atoms with Gasteiger partial charge in [-0.15, -0.1) is 0 Å². The van der Waals surface area contributed by atoms with Crippen LogP contribution in [0, 0.1) is 5.82 Å². The minimum absolute atomic E-state index is 0.0958. The summed E-state index contributed by atoms with van der Waals surface area (Å²) < 4.78 is 15.0. The van der Waals surface area contributed by atoms with Crippen molar-refractivity contribution < 1.29 is 4.39 Å². The van der Waals surface area contributed by atoms with Crippen LogP contribution >= 0.6 is 15.9 Å². The summed E-state index contributed by atoms with van der Waals surface area (Å²) in [5.41, 5.74) is 1.06. The van der Waals surface area contributed by atoms with Gasteiger partial charge in [0.15, 0.2) is 0 Å². The molecule has 1 aliphatic heterocycles. The van der Waals surface area contributed by atoms with Gasteiger partial charge in [-0.2, -0.15) is 0 Å². The van der Waals surface area contributed by atoms with Gasteiger partial charge in [0, 0.05) is 41.3 Å². The molecule has 0 aromatic heterocycles. The van der Waals surface area contributed by atoms with Crippen LogP contribution < -0.4 is 5.32 Å². The second-order valence-corrected chi connectivity index (χ2v) is 7.60. The molecular weight excluding hydrogens is 331 g/mol. The number of halogens is 2. The maximum atomic E-state index is 14.2. The lowest BCUT2D eigenvalue weighted by molar-refractivity contribution is 0.00548. The second kappa shape index (κ2) is 6.35. The quantitative estimate of drug-likeness (QED) is 0.860. The molecule has 0 bridgehead atoms. The Bertz CT molecular complexity index is 500. The van der Waals surface area contributed by atoms with Crippen molar-refractivity contribution in [2.24, 2.45) is 0 Å². The Hall–Kier alpha value is -0.450. The zero-order valence-electron chi connectivity index (χ0n) is 12.7. The molecule has 1 heterocycles. The minimum Gasteiger partial charge on any atom is -0.311 e. The third kappa shape index (κ3) is 3.33. The number of piperazine rings is 1. The molecule has 3 rings (SSSR count). The fourth-order valence-corrected chi connectivity index (χ4v) is 4.19. The van der Waals surface area contributed by atoms with Gasteiger partial charge < -0.3 is 5.32 Å². The van der Waals surface area contributed by atoms with Crippen LogP contribution in [0.25, 0.3) is 0 Å². The fraction of sp³-hybridized carbons (Fsp3) is 0.647. The molecule has 2 aliphatic rings. The minimum atomic E-state index is -0.0958. The van der Waals surface area contributed by atoms with Gasteiger partial charge in [0.25, 0.3) is 0 Å². The SMILES string of the molecule is CC1CN(Cc2ccc(Br)cc2F)C2(CCCCC2)CN1. The van der Waals surface area contributed by atoms with E-state index in [4.69, 9.17) is 0 Å². The summed E-state index contributed by atoms with van der Waals surface area (Å²) in [6.07, 6.45) is 6.43. The van der Waals surface area contributed by atoms with Crippen LogP contribution in [0.2, 0.25) is 0 Å². The Kier molecular flexibility index (Phi) is 4.67. The first-order valence-corrected chi connectivity index (χ1v) is 8.81. The molecule has 1 atom stereocenters. The Labute approximate surface area is 135 Å². The number of hydrogen-bond acceptors (Lipinski definition) is 2. The first kappa shape index (κ1) is 15.4. The molecule has 1 saturated carbocycles. The summed E-state index contributed by atoms with van der Waals surface area (Å²) in [4.78, 5) is 2.54. The normalized spacial score (nSPS) is 26.1. The van der Waals surface area contributed by atoms with Gasteiger partial charge in [-0.25, -0.2) is 4.39 Å². The molecule has 2 nitrogen and oxygen atoms in total. The van der Waals surface area contributed by atoms with Gasteiger partial charge in [-0.3, -0.25) is 4.90 Å². The Morgan fingerprint density at radius 1 is 1.33 bits per heavy atom. The van der Waals surface area contributed by atoms with E-state index < -0.39 is 0 Å². The molecule has 1 spiro atoms. The number of rotatable bonds is 2. The molecule has 0 radical (unpaired) electrons. The van der Waals surface area contributed by atoms with E-state index in [0.29, 0.717) is 6.04 Å². The van der Waals surface area contributed by atoms with E-state index in [1.165, 1.54) is 32.1 Å².